The molecule has 0 saturated heterocycles. The third kappa shape index (κ3) is 2.36. The van der Waals surface area contributed by atoms with Gasteiger partial charge in [-0.15, -0.1) is 0 Å². The maximum absolute atomic E-state index is 11.7. The first-order valence-corrected chi connectivity index (χ1v) is 4.88. The average Bonchev–Trinajstić information content (AvgIpc) is 2.22. The quantitative estimate of drug-likeness (QED) is 0.727. The summed E-state index contributed by atoms with van der Waals surface area (Å²) in [5.41, 5.74) is 0.460. The third-order valence-electron chi connectivity index (χ3n) is 2.51. The lowest BCUT2D eigenvalue weighted by atomic mass is 10.2. The highest BCUT2D eigenvalue weighted by atomic mass is 16.3. The number of aliphatic hydroxyl groups is 1. The molecule has 0 amide bonds. The second kappa shape index (κ2) is 4.44. The van der Waals surface area contributed by atoms with Crippen LogP contribution in [0, 0.1) is 19.8 Å². The highest BCUT2D eigenvalue weighted by Crippen LogP contribution is 1.96. The van der Waals surface area contributed by atoms with E-state index in [2.05, 4.69) is 5.10 Å². The number of nitrogens with one attached hydrogen (secondary N) is 1. The van der Waals surface area contributed by atoms with Crippen molar-refractivity contribution in [2.75, 3.05) is 6.61 Å². The number of hydrogen-bond acceptors (Lipinski definition) is 3. The summed E-state index contributed by atoms with van der Waals surface area (Å²) < 4.78 is 1.26. The van der Waals surface area contributed by atoms with Gasteiger partial charge in [-0.3, -0.25) is 14.7 Å². The molecule has 0 aliphatic rings. The molecular weight excluding hydrogens is 196 g/mol. The van der Waals surface area contributed by atoms with Gasteiger partial charge in [0.1, 0.15) is 0 Å². The van der Waals surface area contributed by atoms with Crippen molar-refractivity contribution in [3.63, 3.8) is 0 Å². The van der Waals surface area contributed by atoms with Crippen molar-refractivity contribution in [1.29, 1.82) is 0 Å². The molecule has 0 fully saturated rings. The smallest absolute Gasteiger partial charge is 0.268 e. The minimum Gasteiger partial charge on any atom is -0.396 e. The van der Waals surface area contributed by atoms with Gasteiger partial charge in [-0.2, -0.15) is 0 Å². The number of aromatic amines is 1. The van der Waals surface area contributed by atoms with Crippen LogP contribution in [0.15, 0.2) is 9.59 Å². The molecule has 15 heavy (non-hydrogen) atoms. The van der Waals surface area contributed by atoms with E-state index in [1.165, 1.54) is 4.68 Å². The zero-order valence-corrected chi connectivity index (χ0v) is 9.20. The van der Waals surface area contributed by atoms with Crippen LogP contribution in [0.4, 0.5) is 0 Å². The van der Waals surface area contributed by atoms with Gasteiger partial charge in [0.25, 0.3) is 11.1 Å². The second-order valence-corrected chi connectivity index (χ2v) is 3.89. The van der Waals surface area contributed by atoms with Gasteiger partial charge in [0.2, 0.25) is 0 Å². The van der Waals surface area contributed by atoms with Crippen LogP contribution < -0.4 is 11.1 Å². The van der Waals surface area contributed by atoms with Crippen LogP contribution in [0.5, 0.6) is 0 Å². The molecule has 1 rings (SSSR count). The lowest BCUT2D eigenvalue weighted by Gasteiger charge is -2.11. The largest absolute Gasteiger partial charge is 0.396 e. The minimum absolute atomic E-state index is 0.0125. The monoisotopic (exact) mass is 212 g/mol. The van der Waals surface area contributed by atoms with Crippen LogP contribution in [0.2, 0.25) is 0 Å². The van der Waals surface area contributed by atoms with Gasteiger partial charge in [-0.1, -0.05) is 6.92 Å². The molecule has 84 valence electrons. The lowest BCUT2D eigenvalue weighted by molar-refractivity contribution is 0.216. The first-order chi connectivity index (χ1) is 6.97. The van der Waals surface area contributed by atoms with Gasteiger partial charge in [-0.25, -0.2) is 4.68 Å². The van der Waals surface area contributed by atoms with Crippen LogP contribution in [-0.4, -0.2) is 21.5 Å². The first-order valence-electron chi connectivity index (χ1n) is 4.88. The van der Waals surface area contributed by atoms with E-state index in [1.807, 2.05) is 0 Å². The van der Waals surface area contributed by atoms with Gasteiger partial charge < -0.3 is 5.11 Å². The van der Waals surface area contributed by atoms with Gasteiger partial charge in [-0.05, 0) is 19.8 Å². The van der Waals surface area contributed by atoms with E-state index in [-0.39, 0.29) is 23.6 Å². The van der Waals surface area contributed by atoms with Crippen LogP contribution in [0.3, 0.4) is 0 Å². The molecule has 0 radical (unpaired) electrons. The Labute approximate surface area is 87.4 Å². The van der Waals surface area contributed by atoms with Crippen molar-refractivity contribution >= 4 is 0 Å². The molecule has 2 N–H and O–H groups in total. The van der Waals surface area contributed by atoms with Gasteiger partial charge in [0, 0.05) is 24.3 Å². The molecule has 0 saturated carbocycles. The van der Waals surface area contributed by atoms with Crippen LogP contribution in [-0.2, 0) is 6.54 Å². The Morgan fingerprint density at radius 3 is 2.47 bits per heavy atom. The van der Waals surface area contributed by atoms with Crippen molar-refractivity contribution < 1.29 is 5.11 Å². The Morgan fingerprint density at radius 2 is 1.93 bits per heavy atom. The van der Waals surface area contributed by atoms with Gasteiger partial charge in [0.05, 0.1) is 0 Å². The summed E-state index contributed by atoms with van der Waals surface area (Å²) in [6, 6.07) is 0. The lowest BCUT2D eigenvalue weighted by Crippen LogP contribution is -2.35. The standard InChI is InChI=1S/C10H16N2O3/c1-6(5-13)4-12-10(15)8(3)7(2)9(14)11-12/h6,13H,4-5H2,1-3H3,(H,11,14). The van der Waals surface area contributed by atoms with Crippen molar-refractivity contribution in [3.8, 4) is 0 Å². The number of rotatable bonds is 3. The zero-order chi connectivity index (χ0) is 11.6. The molecule has 0 bridgehead atoms. The summed E-state index contributed by atoms with van der Waals surface area (Å²) >= 11 is 0. The van der Waals surface area contributed by atoms with E-state index in [9.17, 15) is 9.59 Å². The average molecular weight is 212 g/mol. The molecule has 1 unspecified atom stereocenters. The van der Waals surface area contributed by atoms with E-state index >= 15 is 0 Å². The Morgan fingerprint density at radius 1 is 1.33 bits per heavy atom. The van der Waals surface area contributed by atoms with Crippen LogP contribution in [0.1, 0.15) is 18.1 Å². The zero-order valence-electron chi connectivity index (χ0n) is 9.20. The summed E-state index contributed by atoms with van der Waals surface area (Å²) in [5.74, 6) is -0.0551. The predicted molar refractivity (Wildman–Crippen MR) is 57.0 cm³/mol. The topological polar surface area (TPSA) is 75.1 Å². The molecular formula is C10H16N2O3. The fraction of sp³-hybridized carbons (Fsp3) is 0.600. The summed E-state index contributed by atoms with van der Waals surface area (Å²) in [6.45, 7) is 5.37. The summed E-state index contributed by atoms with van der Waals surface area (Å²) in [7, 11) is 0. The van der Waals surface area contributed by atoms with E-state index in [0.29, 0.717) is 17.7 Å². The van der Waals surface area contributed by atoms with Crippen molar-refractivity contribution in [2.24, 2.45) is 5.92 Å². The number of aromatic nitrogens is 2. The SMILES string of the molecule is Cc1c(C)c(=O)n(CC(C)CO)[nH]c1=O. The highest BCUT2D eigenvalue weighted by Gasteiger charge is 2.09. The Bertz CT molecular complexity index is 459. The molecule has 0 aliphatic heterocycles. The third-order valence-corrected chi connectivity index (χ3v) is 2.51. The molecule has 1 aromatic heterocycles. The summed E-state index contributed by atoms with van der Waals surface area (Å²) in [4.78, 5) is 23.1. The maximum Gasteiger partial charge on any atom is 0.268 e. The first kappa shape index (κ1) is 11.7. The number of aliphatic hydroxyl groups excluding tert-OH is 1. The maximum atomic E-state index is 11.7. The van der Waals surface area contributed by atoms with Gasteiger partial charge in [0.15, 0.2) is 0 Å². The molecule has 0 aliphatic carbocycles. The molecule has 1 atom stereocenters. The van der Waals surface area contributed by atoms with Crippen molar-refractivity contribution in [1.82, 2.24) is 9.78 Å². The molecule has 5 nitrogen and oxygen atoms in total. The fourth-order valence-electron chi connectivity index (χ4n) is 1.29. The second-order valence-electron chi connectivity index (χ2n) is 3.89. The van der Waals surface area contributed by atoms with Crippen molar-refractivity contribution in [3.05, 3.63) is 31.8 Å². The predicted octanol–water partition coefficient (Wildman–Crippen LogP) is -0.218. The molecule has 1 aromatic rings. The normalized spacial score (nSPS) is 12.8. The van der Waals surface area contributed by atoms with Crippen molar-refractivity contribution in [2.45, 2.75) is 27.3 Å². The molecule has 1 heterocycles. The van der Waals surface area contributed by atoms with E-state index < -0.39 is 0 Å². The van der Waals surface area contributed by atoms with Crippen LogP contribution in [0.25, 0.3) is 0 Å². The molecule has 0 spiro atoms. The minimum atomic E-state index is -0.253. The Balaban J connectivity index is 3.21. The van der Waals surface area contributed by atoms with E-state index in [1.54, 1.807) is 20.8 Å². The van der Waals surface area contributed by atoms with Gasteiger partial charge >= 0.3 is 0 Å². The fourth-order valence-corrected chi connectivity index (χ4v) is 1.29. The highest BCUT2D eigenvalue weighted by molar-refractivity contribution is 5.17. The Hall–Kier alpha value is -1.36. The summed E-state index contributed by atoms with van der Waals surface area (Å²) in [5, 5.41) is 11.4. The van der Waals surface area contributed by atoms with E-state index in [4.69, 9.17) is 5.11 Å². The van der Waals surface area contributed by atoms with Crippen LogP contribution >= 0.6 is 0 Å². The number of hydrogen-bond donors (Lipinski definition) is 2. The Kier molecular flexibility index (Phi) is 3.47. The van der Waals surface area contributed by atoms with E-state index in [0.717, 1.165) is 0 Å². The molecule has 0 aromatic carbocycles. The summed E-state index contributed by atoms with van der Waals surface area (Å²) in [6.07, 6.45) is 0. The number of H-pyrrole nitrogens is 1. The molecule has 5 heteroatoms. The number of nitrogens with zero attached hydrogens (tertiary/aromatic N) is 1.